The number of aromatic nitrogens is 2. The summed E-state index contributed by atoms with van der Waals surface area (Å²) < 4.78 is 5.80. The van der Waals surface area contributed by atoms with Crippen LogP contribution in [0.1, 0.15) is 23.3 Å². The number of ether oxygens (including phenoxy) is 1. The Kier molecular flexibility index (Phi) is 5.09. The third kappa shape index (κ3) is 3.72. The number of hydrogen-bond donors (Lipinski definition) is 1. The van der Waals surface area contributed by atoms with Crippen LogP contribution in [-0.2, 0) is 12.8 Å². The standard InChI is InChI=1S/C22H16N4O6S/c27-21-19-14-6-2-4-8-18(14)33-22(19)24-20(23-21)13-5-1-3-7-16(13)32-17-10-9-12(25(28)29)11-15(17)26(30)31/h1,3,5,7,9-11H,2,4,6,8H2,(H,23,24,27). The lowest BCUT2D eigenvalue weighted by Crippen LogP contribution is -2.11. The normalized spacial score (nSPS) is 13.0. The lowest BCUT2D eigenvalue weighted by atomic mass is 9.97. The van der Waals surface area contributed by atoms with Crippen molar-refractivity contribution >= 4 is 32.9 Å². The molecule has 166 valence electrons. The maximum atomic E-state index is 12.9. The molecule has 33 heavy (non-hydrogen) atoms. The van der Waals surface area contributed by atoms with Crippen molar-refractivity contribution in [2.24, 2.45) is 0 Å². The summed E-state index contributed by atoms with van der Waals surface area (Å²) in [5.74, 6) is 0.345. The molecule has 5 rings (SSSR count). The molecule has 0 amide bonds. The van der Waals surface area contributed by atoms with Crippen LogP contribution in [0.2, 0.25) is 0 Å². The fourth-order valence-electron chi connectivity index (χ4n) is 4.01. The van der Waals surface area contributed by atoms with Crippen molar-refractivity contribution in [2.75, 3.05) is 0 Å². The van der Waals surface area contributed by atoms with Gasteiger partial charge < -0.3 is 9.72 Å². The highest BCUT2D eigenvalue weighted by Gasteiger charge is 2.24. The smallest absolute Gasteiger partial charge is 0.318 e. The molecule has 1 aliphatic carbocycles. The maximum absolute atomic E-state index is 12.9. The Balaban J connectivity index is 1.60. The van der Waals surface area contributed by atoms with Crippen LogP contribution in [0, 0.1) is 20.2 Å². The number of nitrogens with zero attached hydrogens (tertiary/aromatic N) is 3. The SMILES string of the molecule is O=c1[nH]c(-c2ccccc2Oc2ccc([N+](=O)[O-])cc2[N+](=O)[O-])nc2sc3c(c12)CCCC3. The van der Waals surface area contributed by atoms with Crippen LogP contribution >= 0.6 is 11.3 Å². The van der Waals surface area contributed by atoms with Crippen molar-refractivity contribution in [1.82, 2.24) is 9.97 Å². The monoisotopic (exact) mass is 464 g/mol. The van der Waals surface area contributed by atoms with Gasteiger partial charge in [-0.05, 0) is 49.4 Å². The summed E-state index contributed by atoms with van der Waals surface area (Å²) in [6.45, 7) is 0. The number of nitro benzene ring substituents is 2. The van der Waals surface area contributed by atoms with Crippen LogP contribution in [-0.4, -0.2) is 19.8 Å². The van der Waals surface area contributed by atoms with Gasteiger partial charge >= 0.3 is 5.69 Å². The summed E-state index contributed by atoms with van der Waals surface area (Å²) in [4.78, 5) is 43.3. The second kappa shape index (κ2) is 8.10. The van der Waals surface area contributed by atoms with Crippen molar-refractivity contribution in [2.45, 2.75) is 25.7 Å². The Morgan fingerprint density at radius 3 is 2.58 bits per heavy atom. The van der Waals surface area contributed by atoms with Crippen molar-refractivity contribution in [3.05, 3.63) is 83.5 Å². The maximum Gasteiger partial charge on any atom is 0.318 e. The summed E-state index contributed by atoms with van der Waals surface area (Å²) >= 11 is 1.52. The number of aryl methyl sites for hydroxylation is 2. The highest BCUT2D eigenvalue weighted by atomic mass is 32.1. The Morgan fingerprint density at radius 2 is 1.79 bits per heavy atom. The van der Waals surface area contributed by atoms with E-state index in [1.807, 2.05) is 0 Å². The second-order valence-electron chi connectivity index (χ2n) is 7.57. The van der Waals surface area contributed by atoms with Gasteiger partial charge in [-0.15, -0.1) is 11.3 Å². The number of fused-ring (bicyclic) bond motifs is 3. The third-order valence-electron chi connectivity index (χ3n) is 5.54. The molecule has 0 aliphatic heterocycles. The van der Waals surface area contributed by atoms with Gasteiger partial charge in [0.15, 0.2) is 0 Å². The summed E-state index contributed by atoms with van der Waals surface area (Å²) in [7, 11) is 0. The van der Waals surface area contributed by atoms with E-state index >= 15 is 0 Å². The van der Waals surface area contributed by atoms with Crippen molar-refractivity contribution in [1.29, 1.82) is 0 Å². The Labute approximate surface area is 189 Å². The molecule has 2 aromatic carbocycles. The minimum Gasteiger partial charge on any atom is -0.449 e. The van der Waals surface area contributed by atoms with E-state index in [0.717, 1.165) is 43.4 Å². The molecule has 0 spiro atoms. The van der Waals surface area contributed by atoms with Gasteiger partial charge in [-0.2, -0.15) is 0 Å². The van der Waals surface area contributed by atoms with Gasteiger partial charge in [-0.3, -0.25) is 25.0 Å². The molecule has 4 aromatic rings. The second-order valence-corrected chi connectivity index (χ2v) is 8.65. The average Bonchev–Trinajstić information content (AvgIpc) is 3.18. The summed E-state index contributed by atoms with van der Waals surface area (Å²) in [5, 5.41) is 23.1. The van der Waals surface area contributed by atoms with E-state index < -0.39 is 21.2 Å². The van der Waals surface area contributed by atoms with E-state index in [2.05, 4.69) is 9.97 Å². The number of nitro groups is 2. The van der Waals surface area contributed by atoms with Gasteiger partial charge in [-0.1, -0.05) is 12.1 Å². The predicted octanol–water partition coefficient (Wildman–Crippen LogP) is 5.14. The number of thiophene rings is 1. The van der Waals surface area contributed by atoms with Gasteiger partial charge in [0.2, 0.25) is 5.75 Å². The van der Waals surface area contributed by atoms with E-state index in [9.17, 15) is 25.0 Å². The largest absolute Gasteiger partial charge is 0.449 e. The van der Waals surface area contributed by atoms with Gasteiger partial charge in [0.05, 0.1) is 26.9 Å². The number of benzene rings is 2. The van der Waals surface area contributed by atoms with Gasteiger partial charge in [0.25, 0.3) is 11.2 Å². The van der Waals surface area contributed by atoms with E-state index in [-0.39, 0.29) is 22.9 Å². The number of nitrogens with one attached hydrogen (secondary N) is 1. The van der Waals surface area contributed by atoms with Crippen LogP contribution in [0.3, 0.4) is 0 Å². The molecule has 2 heterocycles. The minimum atomic E-state index is -0.743. The summed E-state index contributed by atoms with van der Waals surface area (Å²) in [6.07, 6.45) is 3.94. The van der Waals surface area contributed by atoms with E-state index in [1.54, 1.807) is 24.3 Å². The predicted molar refractivity (Wildman–Crippen MR) is 122 cm³/mol. The van der Waals surface area contributed by atoms with E-state index in [4.69, 9.17) is 4.74 Å². The molecule has 0 saturated carbocycles. The zero-order valence-electron chi connectivity index (χ0n) is 17.1. The topological polar surface area (TPSA) is 141 Å². The first-order chi connectivity index (χ1) is 15.9. The molecule has 2 aromatic heterocycles. The molecule has 0 saturated heterocycles. The third-order valence-corrected chi connectivity index (χ3v) is 6.72. The van der Waals surface area contributed by atoms with Crippen molar-refractivity contribution in [3.63, 3.8) is 0 Å². The van der Waals surface area contributed by atoms with Crippen LogP contribution < -0.4 is 10.3 Å². The van der Waals surface area contributed by atoms with Crippen LogP contribution in [0.5, 0.6) is 11.5 Å². The molecule has 0 unspecified atom stereocenters. The lowest BCUT2D eigenvalue weighted by Gasteiger charge is -2.11. The number of aromatic amines is 1. The van der Waals surface area contributed by atoms with E-state index in [0.29, 0.717) is 15.8 Å². The Hall–Kier alpha value is -4.12. The molecule has 10 nitrogen and oxygen atoms in total. The molecule has 0 radical (unpaired) electrons. The fraction of sp³-hybridized carbons (Fsp3) is 0.182. The van der Waals surface area contributed by atoms with Crippen LogP contribution in [0.4, 0.5) is 11.4 Å². The Bertz CT molecular complexity index is 1490. The molecule has 1 N–H and O–H groups in total. The molecular weight excluding hydrogens is 448 g/mol. The van der Waals surface area contributed by atoms with Gasteiger partial charge in [0, 0.05) is 10.9 Å². The highest BCUT2D eigenvalue weighted by Crippen LogP contribution is 2.39. The number of hydrogen-bond acceptors (Lipinski definition) is 8. The Morgan fingerprint density at radius 1 is 1.00 bits per heavy atom. The first-order valence-electron chi connectivity index (χ1n) is 10.2. The zero-order chi connectivity index (χ0) is 23.1. The van der Waals surface area contributed by atoms with Crippen molar-refractivity contribution in [3.8, 4) is 22.9 Å². The zero-order valence-corrected chi connectivity index (χ0v) is 17.9. The molecule has 1 aliphatic rings. The highest BCUT2D eigenvalue weighted by molar-refractivity contribution is 7.18. The first-order valence-corrected chi connectivity index (χ1v) is 11.0. The van der Waals surface area contributed by atoms with Crippen LogP contribution in [0.25, 0.3) is 21.6 Å². The minimum absolute atomic E-state index is 0.159. The average molecular weight is 464 g/mol. The molecule has 11 heteroatoms. The van der Waals surface area contributed by atoms with Gasteiger partial charge in [-0.25, -0.2) is 4.98 Å². The van der Waals surface area contributed by atoms with Crippen LogP contribution in [0.15, 0.2) is 47.3 Å². The number of H-pyrrole nitrogens is 1. The first kappa shape index (κ1) is 20.8. The summed E-state index contributed by atoms with van der Waals surface area (Å²) in [6, 6.07) is 9.84. The molecule has 0 bridgehead atoms. The number of rotatable bonds is 5. The quantitative estimate of drug-likeness (QED) is 0.318. The fourth-order valence-corrected chi connectivity index (χ4v) is 5.27. The number of non-ortho nitro benzene ring substituents is 1. The molecule has 0 atom stereocenters. The number of para-hydroxylation sites is 1. The molecular formula is C22H16N4O6S. The van der Waals surface area contributed by atoms with Gasteiger partial charge in [0.1, 0.15) is 16.4 Å². The molecule has 0 fully saturated rings. The van der Waals surface area contributed by atoms with E-state index in [1.165, 1.54) is 22.3 Å². The summed E-state index contributed by atoms with van der Waals surface area (Å²) in [5.41, 5.74) is 0.330. The lowest BCUT2D eigenvalue weighted by molar-refractivity contribution is -0.394. The van der Waals surface area contributed by atoms with Crippen molar-refractivity contribution < 1.29 is 14.6 Å².